The minimum absolute atomic E-state index is 0.00426. The molecule has 472 valence electrons. The molecule has 0 fully saturated rings. The fraction of sp³-hybridized carbons (Fsp3) is 0.892. The maximum absolute atomic E-state index is 12.5. The summed E-state index contributed by atoms with van der Waals surface area (Å²) in [5.41, 5.74) is 0. The molecule has 0 aromatic rings. The lowest BCUT2D eigenvalue weighted by Crippen LogP contribution is -2.45. The maximum atomic E-state index is 12.5. The third-order valence-electron chi connectivity index (χ3n) is 16.9. The number of allylic oxidation sites excluding steroid dienone is 5. The highest BCUT2D eigenvalue weighted by Gasteiger charge is 2.18. The Bertz CT molecular complexity index is 1300. The van der Waals surface area contributed by atoms with Crippen LogP contribution >= 0.6 is 0 Å². The molecule has 0 rings (SSSR count). The first-order valence-electron chi connectivity index (χ1n) is 36.3. The minimum atomic E-state index is -0.848. The van der Waals surface area contributed by atoms with E-state index in [9.17, 15) is 19.8 Å². The Kier molecular flexibility index (Phi) is 67.9. The molecule has 0 aliphatic carbocycles. The lowest BCUT2D eigenvalue weighted by molar-refractivity contribution is -0.143. The van der Waals surface area contributed by atoms with Gasteiger partial charge < -0.3 is 20.3 Å². The highest BCUT2D eigenvalue weighted by atomic mass is 16.5. The molecule has 80 heavy (non-hydrogen) atoms. The van der Waals surface area contributed by atoms with Gasteiger partial charge >= 0.3 is 5.97 Å². The summed E-state index contributed by atoms with van der Waals surface area (Å²) < 4.78 is 5.47. The SMILES string of the molecule is CCCCC/C=C\CCCCCCCC(=O)OCCCCCCCCCCCCCC/C=C\CCCCCCCCCCCCC(=O)NC(CO)C(O)/C=C/CCCCCCCCCCCCCCCCCCCCCCCCC. The number of hydrogen-bond donors (Lipinski definition) is 3. The molecular weight excluding hydrogens is 983 g/mol. The molecule has 0 heterocycles. The third-order valence-corrected chi connectivity index (χ3v) is 16.9. The zero-order valence-electron chi connectivity index (χ0n) is 54.1. The first-order valence-corrected chi connectivity index (χ1v) is 36.3. The zero-order valence-corrected chi connectivity index (χ0v) is 54.1. The molecule has 6 heteroatoms. The molecular formula is C74H141NO5. The Morgan fingerprint density at radius 2 is 0.588 bits per heavy atom. The lowest BCUT2D eigenvalue weighted by atomic mass is 10.0. The summed E-state index contributed by atoms with van der Waals surface area (Å²) in [6.45, 7) is 4.91. The first kappa shape index (κ1) is 78.1. The van der Waals surface area contributed by atoms with E-state index < -0.39 is 12.1 Å². The van der Waals surface area contributed by atoms with Gasteiger partial charge in [-0.05, 0) is 83.5 Å². The molecule has 0 aromatic heterocycles. The van der Waals surface area contributed by atoms with E-state index in [1.165, 1.54) is 327 Å². The van der Waals surface area contributed by atoms with Gasteiger partial charge in [-0.1, -0.05) is 339 Å². The molecule has 0 bridgehead atoms. The standard InChI is InChI=1S/C74H141NO5/c1-3-5-7-9-11-13-15-17-18-19-20-21-22-25-28-31-34-37-40-43-46-50-54-58-62-66-72(77)71(70-76)75-73(78)67-63-59-55-51-47-44-41-38-35-32-29-26-23-24-27-30-33-36-39-42-45-49-53-57-61-65-69-80-74(79)68-64-60-56-52-48-16-14-12-10-8-6-4-2/h12,14,23,26,62,66,71-72,76-77H,3-11,13,15-22,24-25,27-61,63-65,67-70H2,1-2H3,(H,75,78)/b14-12-,26-23-,66-62+. The van der Waals surface area contributed by atoms with Crippen molar-refractivity contribution in [1.29, 1.82) is 0 Å². The van der Waals surface area contributed by atoms with Gasteiger partial charge in [-0.3, -0.25) is 9.59 Å². The van der Waals surface area contributed by atoms with E-state index in [-0.39, 0.29) is 18.5 Å². The molecule has 0 saturated heterocycles. The summed E-state index contributed by atoms with van der Waals surface area (Å²) in [6.07, 6.45) is 89.5. The van der Waals surface area contributed by atoms with Gasteiger partial charge in [-0.25, -0.2) is 0 Å². The van der Waals surface area contributed by atoms with E-state index in [2.05, 4.69) is 43.5 Å². The van der Waals surface area contributed by atoms with Crippen molar-refractivity contribution in [2.45, 2.75) is 411 Å². The van der Waals surface area contributed by atoms with Gasteiger partial charge in [0.1, 0.15) is 0 Å². The van der Waals surface area contributed by atoms with Crippen LogP contribution in [0.15, 0.2) is 36.5 Å². The Morgan fingerprint density at radius 3 is 0.912 bits per heavy atom. The van der Waals surface area contributed by atoms with Crippen molar-refractivity contribution in [3.63, 3.8) is 0 Å². The van der Waals surface area contributed by atoms with Crippen molar-refractivity contribution >= 4 is 11.9 Å². The number of unbranched alkanes of at least 4 members (excludes halogenated alkanes) is 53. The highest BCUT2D eigenvalue weighted by molar-refractivity contribution is 5.76. The largest absolute Gasteiger partial charge is 0.466 e. The van der Waals surface area contributed by atoms with Gasteiger partial charge in [-0.15, -0.1) is 0 Å². The fourth-order valence-corrected chi connectivity index (χ4v) is 11.3. The molecule has 6 nitrogen and oxygen atoms in total. The summed E-state index contributed by atoms with van der Waals surface area (Å²) in [5, 5.41) is 23.3. The number of aliphatic hydroxyl groups is 2. The van der Waals surface area contributed by atoms with Crippen LogP contribution in [-0.4, -0.2) is 47.4 Å². The molecule has 0 radical (unpaired) electrons. The van der Waals surface area contributed by atoms with Gasteiger partial charge in [0.15, 0.2) is 0 Å². The maximum Gasteiger partial charge on any atom is 0.305 e. The van der Waals surface area contributed by atoms with Crippen molar-refractivity contribution in [3.8, 4) is 0 Å². The van der Waals surface area contributed by atoms with Crippen LogP contribution in [0.5, 0.6) is 0 Å². The number of rotatable bonds is 68. The quantitative estimate of drug-likeness (QED) is 0.0320. The number of aliphatic hydroxyl groups excluding tert-OH is 2. The number of nitrogens with one attached hydrogen (secondary N) is 1. The number of carbonyl (C=O) groups excluding carboxylic acids is 2. The van der Waals surface area contributed by atoms with E-state index in [1.54, 1.807) is 6.08 Å². The third kappa shape index (κ3) is 65.2. The Morgan fingerprint density at radius 1 is 0.338 bits per heavy atom. The predicted molar refractivity (Wildman–Crippen MR) is 352 cm³/mol. The zero-order chi connectivity index (χ0) is 57.8. The summed E-state index contributed by atoms with van der Waals surface area (Å²) >= 11 is 0. The average molecular weight is 1120 g/mol. The van der Waals surface area contributed by atoms with Gasteiger partial charge in [0.05, 0.1) is 25.4 Å². The second-order valence-electron chi connectivity index (χ2n) is 24.9. The van der Waals surface area contributed by atoms with Gasteiger partial charge in [0.25, 0.3) is 0 Å². The van der Waals surface area contributed by atoms with Crippen molar-refractivity contribution in [2.24, 2.45) is 0 Å². The van der Waals surface area contributed by atoms with E-state index in [1.807, 2.05) is 6.08 Å². The van der Waals surface area contributed by atoms with Crippen molar-refractivity contribution in [1.82, 2.24) is 5.32 Å². The topological polar surface area (TPSA) is 95.9 Å². The van der Waals surface area contributed by atoms with Gasteiger partial charge in [0, 0.05) is 12.8 Å². The Labute approximate surface area is 500 Å². The Hall–Kier alpha value is -1.92. The molecule has 0 aliphatic rings. The number of amides is 1. The smallest absolute Gasteiger partial charge is 0.305 e. The highest BCUT2D eigenvalue weighted by Crippen LogP contribution is 2.19. The number of hydrogen-bond acceptors (Lipinski definition) is 5. The van der Waals surface area contributed by atoms with Gasteiger partial charge in [0.2, 0.25) is 5.91 Å². The lowest BCUT2D eigenvalue weighted by Gasteiger charge is -2.20. The Balaban J connectivity index is 3.43. The average Bonchev–Trinajstić information content (AvgIpc) is 3.46. The summed E-state index contributed by atoms with van der Waals surface area (Å²) in [5.74, 6) is -0.0614. The van der Waals surface area contributed by atoms with Crippen LogP contribution in [0.1, 0.15) is 399 Å². The fourth-order valence-electron chi connectivity index (χ4n) is 11.3. The van der Waals surface area contributed by atoms with Crippen molar-refractivity contribution < 1.29 is 24.5 Å². The summed E-state index contributed by atoms with van der Waals surface area (Å²) in [7, 11) is 0. The first-order chi connectivity index (χ1) is 39.5. The molecule has 3 N–H and O–H groups in total. The number of esters is 1. The molecule has 0 aliphatic heterocycles. The molecule has 1 amide bonds. The number of carbonyl (C=O) groups is 2. The monoisotopic (exact) mass is 1120 g/mol. The van der Waals surface area contributed by atoms with E-state index >= 15 is 0 Å². The molecule has 0 saturated carbocycles. The molecule has 0 spiro atoms. The van der Waals surface area contributed by atoms with Crippen LogP contribution in [0.25, 0.3) is 0 Å². The molecule has 2 unspecified atom stereocenters. The molecule has 0 aromatic carbocycles. The van der Waals surface area contributed by atoms with Crippen LogP contribution in [0.3, 0.4) is 0 Å². The van der Waals surface area contributed by atoms with E-state index in [0.29, 0.717) is 19.4 Å². The van der Waals surface area contributed by atoms with Crippen molar-refractivity contribution in [3.05, 3.63) is 36.5 Å². The normalized spacial score (nSPS) is 12.7. The van der Waals surface area contributed by atoms with Crippen molar-refractivity contribution in [2.75, 3.05) is 13.2 Å². The van der Waals surface area contributed by atoms with Crippen LogP contribution in [0.2, 0.25) is 0 Å². The van der Waals surface area contributed by atoms with Crippen LogP contribution < -0.4 is 5.32 Å². The summed E-state index contributed by atoms with van der Waals surface area (Å²) in [6, 6.07) is -0.631. The minimum Gasteiger partial charge on any atom is -0.466 e. The second-order valence-corrected chi connectivity index (χ2v) is 24.9. The second kappa shape index (κ2) is 69.6. The predicted octanol–water partition coefficient (Wildman–Crippen LogP) is 23.5. The van der Waals surface area contributed by atoms with Crippen LogP contribution in [0, 0.1) is 0 Å². The number of ether oxygens (including phenoxy) is 1. The van der Waals surface area contributed by atoms with E-state index in [0.717, 1.165) is 44.9 Å². The van der Waals surface area contributed by atoms with E-state index in [4.69, 9.17) is 4.74 Å². The summed E-state index contributed by atoms with van der Waals surface area (Å²) in [4.78, 5) is 24.6. The van der Waals surface area contributed by atoms with Gasteiger partial charge in [-0.2, -0.15) is 0 Å². The molecule has 2 atom stereocenters. The van der Waals surface area contributed by atoms with Crippen LogP contribution in [-0.2, 0) is 14.3 Å². The van der Waals surface area contributed by atoms with Crippen LogP contribution in [0.4, 0.5) is 0 Å².